The normalized spacial score (nSPS) is 32.7. The van der Waals surface area contributed by atoms with Crippen molar-refractivity contribution >= 4 is 34.4 Å². The highest BCUT2D eigenvalue weighted by Crippen LogP contribution is 2.76. The summed E-state index contributed by atoms with van der Waals surface area (Å²) in [5.74, 6) is 3.15. The number of fused-ring (bicyclic) bond motifs is 9. The summed E-state index contributed by atoms with van der Waals surface area (Å²) in [4.78, 5) is 49.6. The van der Waals surface area contributed by atoms with Crippen LogP contribution in [-0.4, -0.2) is 86.0 Å². The number of amides is 2. The third kappa shape index (κ3) is 7.95. The lowest BCUT2D eigenvalue weighted by molar-refractivity contribution is -0.213. The van der Waals surface area contributed by atoms with Gasteiger partial charge in [-0.3, -0.25) is 14.4 Å². The van der Waals surface area contributed by atoms with Crippen LogP contribution in [0, 0.1) is 56.7 Å². The average molecular weight is 992 g/mol. The predicted octanol–water partition coefficient (Wildman–Crippen LogP) is 12.7. The molecule has 2 heterocycles. The summed E-state index contributed by atoms with van der Waals surface area (Å²) in [6, 6.07) is 21.2. The van der Waals surface area contributed by atoms with Crippen LogP contribution in [0.1, 0.15) is 151 Å². The number of nitrogens with zero attached hydrogens (tertiary/aromatic N) is 4. The third-order valence-corrected chi connectivity index (χ3v) is 21.9. The van der Waals surface area contributed by atoms with Crippen LogP contribution in [0.2, 0.25) is 0 Å². The number of ether oxygens (including phenoxy) is 1. The number of allylic oxidation sites excluding steroid dienone is 2. The molecule has 392 valence electrons. The summed E-state index contributed by atoms with van der Waals surface area (Å²) >= 11 is 0. The molecule has 2 aromatic carbocycles. The Bertz CT molecular complexity index is 2860. The maximum absolute atomic E-state index is 15.7. The predicted molar refractivity (Wildman–Crippen MR) is 295 cm³/mol. The van der Waals surface area contributed by atoms with E-state index in [2.05, 4.69) is 139 Å². The van der Waals surface area contributed by atoms with Crippen molar-refractivity contribution in [2.24, 2.45) is 56.7 Å². The third-order valence-electron chi connectivity index (χ3n) is 21.9. The smallest absolute Gasteiger partial charge is 0.302 e. The average Bonchev–Trinajstić information content (AvgIpc) is 3.38. The summed E-state index contributed by atoms with van der Waals surface area (Å²) < 4.78 is 15.2. The molecule has 6 aliphatic carbocycles. The topological polar surface area (TPSA) is 86.3 Å². The van der Waals surface area contributed by atoms with Crippen LogP contribution in [0.4, 0.5) is 5.69 Å². The second-order valence-electron chi connectivity index (χ2n) is 25.1. The minimum absolute atomic E-state index is 0.00382. The molecule has 0 bridgehead atoms. The van der Waals surface area contributed by atoms with Gasteiger partial charge in [0.25, 0.3) is 5.91 Å². The first kappa shape index (κ1) is 51.6. The molecule has 10 atom stereocenters. The number of benzene rings is 3. The van der Waals surface area contributed by atoms with E-state index in [0.717, 1.165) is 122 Å². The Balaban J connectivity index is 0.933. The van der Waals surface area contributed by atoms with E-state index in [1.54, 1.807) is 12.5 Å². The molecule has 73 heavy (non-hydrogen) atoms. The summed E-state index contributed by atoms with van der Waals surface area (Å²) in [6.45, 7) is 33.4. The van der Waals surface area contributed by atoms with Gasteiger partial charge >= 0.3 is 5.97 Å². The zero-order chi connectivity index (χ0) is 52.0. The van der Waals surface area contributed by atoms with Gasteiger partial charge in [0.1, 0.15) is 30.5 Å². The second-order valence-corrected chi connectivity index (χ2v) is 25.1. The van der Waals surface area contributed by atoms with E-state index in [4.69, 9.17) is 9.15 Å². The van der Waals surface area contributed by atoms with Gasteiger partial charge < -0.3 is 23.9 Å². The molecular formula is C64H87N4O5+. The van der Waals surface area contributed by atoms with Gasteiger partial charge in [0.2, 0.25) is 11.3 Å². The zero-order valence-electron chi connectivity index (χ0n) is 46.7. The zero-order valence-corrected chi connectivity index (χ0v) is 46.7. The van der Waals surface area contributed by atoms with Crippen molar-refractivity contribution in [2.45, 2.75) is 147 Å². The number of piperazine rings is 1. The van der Waals surface area contributed by atoms with Gasteiger partial charge in [-0.05, 0) is 161 Å². The standard InChI is InChI=1S/C64H87N4O5/c1-13-65(14-2)44-21-23-48-51(39-44)73-52-40-45(66(15-3)16-4)22-24-49(52)56(48)46-19-17-18-20-47(46)58(70)67-35-37-68(38-36-67)59(71)64-32-27-41(5)42(6)57(64)50-25-26-54-61(10)30-29-55(72-43(7)69)60(8,9)53(61)28-31-63(54,12)62(50,11)33-34-64/h17-25,39-42,53-55,57H,13-16,26-38H2,1-12H3/q+1/t41-,42+,53+,54-,55+,57+,61+,62-,63-,64+/m1/s1. The van der Waals surface area contributed by atoms with E-state index < -0.39 is 5.41 Å². The summed E-state index contributed by atoms with van der Waals surface area (Å²) in [5.41, 5.74) is 6.82. The fourth-order valence-electron chi connectivity index (χ4n) is 17.5. The minimum Gasteiger partial charge on any atom is -0.462 e. The van der Waals surface area contributed by atoms with Gasteiger partial charge in [0.15, 0.2) is 0 Å². The lowest BCUT2D eigenvalue weighted by Gasteiger charge is -2.71. The molecule has 8 aliphatic rings. The highest BCUT2D eigenvalue weighted by Gasteiger charge is 2.70. The Morgan fingerprint density at radius 2 is 1.48 bits per heavy atom. The van der Waals surface area contributed by atoms with Gasteiger partial charge in [-0.15, -0.1) is 0 Å². The Hall–Kier alpha value is -4.92. The van der Waals surface area contributed by atoms with E-state index in [0.29, 0.717) is 61.3 Å². The molecule has 0 N–H and O–H groups in total. The second kappa shape index (κ2) is 19.0. The van der Waals surface area contributed by atoms with Crippen molar-refractivity contribution < 1.29 is 23.5 Å². The summed E-state index contributed by atoms with van der Waals surface area (Å²) in [6.07, 6.45) is 12.0. The van der Waals surface area contributed by atoms with Crippen molar-refractivity contribution in [1.82, 2.24) is 14.4 Å². The summed E-state index contributed by atoms with van der Waals surface area (Å²) in [7, 11) is 0. The number of anilines is 1. The molecule has 2 aliphatic heterocycles. The van der Waals surface area contributed by atoms with Gasteiger partial charge in [-0.25, -0.2) is 4.58 Å². The monoisotopic (exact) mass is 992 g/mol. The maximum atomic E-state index is 15.7. The van der Waals surface area contributed by atoms with E-state index in [-0.39, 0.29) is 45.6 Å². The first-order valence-corrected chi connectivity index (χ1v) is 28.7. The number of rotatable bonds is 9. The number of hydrogen-bond acceptors (Lipinski definition) is 6. The first-order valence-electron chi connectivity index (χ1n) is 28.7. The molecule has 9 nitrogen and oxygen atoms in total. The molecule has 2 aromatic rings. The molecule has 9 heteroatoms. The molecule has 1 saturated heterocycles. The fraction of sp³-hybridized carbons (Fsp3) is 0.625. The highest BCUT2D eigenvalue weighted by molar-refractivity contribution is 6.09. The molecule has 0 aromatic heterocycles. The Kier molecular flexibility index (Phi) is 13.4. The molecule has 4 saturated carbocycles. The highest BCUT2D eigenvalue weighted by atomic mass is 16.5. The number of carbonyl (C=O) groups is 3. The minimum atomic E-state index is -0.429. The van der Waals surface area contributed by atoms with Crippen molar-refractivity contribution in [3.05, 3.63) is 83.2 Å². The molecule has 5 fully saturated rings. The van der Waals surface area contributed by atoms with E-state index >= 15 is 9.59 Å². The lowest BCUT2D eigenvalue weighted by atomic mass is 9.33. The lowest BCUT2D eigenvalue weighted by Crippen LogP contribution is -2.66. The number of hydrogen-bond donors (Lipinski definition) is 0. The Morgan fingerprint density at radius 1 is 0.767 bits per heavy atom. The molecule has 0 radical (unpaired) electrons. The maximum Gasteiger partial charge on any atom is 0.302 e. The molecular weight excluding hydrogens is 905 g/mol. The van der Waals surface area contributed by atoms with Gasteiger partial charge in [0.05, 0.1) is 11.5 Å². The van der Waals surface area contributed by atoms with Crippen molar-refractivity contribution in [3.8, 4) is 22.5 Å². The van der Waals surface area contributed by atoms with Crippen LogP contribution in [0.25, 0.3) is 33.4 Å². The Labute approximate surface area is 437 Å². The molecule has 2 amide bonds. The van der Waals surface area contributed by atoms with Crippen LogP contribution >= 0.6 is 0 Å². The largest absolute Gasteiger partial charge is 0.462 e. The van der Waals surface area contributed by atoms with E-state index in [9.17, 15) is 4.79 Å². The van der Waals surface area contributed by atoms with E-state index in [1.165, 1.54) is 6.42 Å². The van der Waals surface area contributed by atoms with Crippen molar-refractivity contribution in [1.29, 1.82) is 0 Å². The Morgan fingerprint density at radius 3 is 2.18 bits per heavy atom. The van der Waals surface area contributed by atoms with Crippen molar-refractivity contribution in [3.63, 3.8) is 0 Å². The van der Waals surface area contributed by atoms with Crippen LogP contribution in [-0.2, 0) is 14.3 Å². The molecule has 0 unspecified atom stereocenters. The SMILES string of the molecule is CCN(CC)c1ccc2c(-c3ccccc3C(=O)N3CCN(C(=O)[C@]45CC[C@@H](C)[C@H](C)[C@H]4C4=CC[C@@H]6[C@@]7(C)CC[C@H](OC(C)=O)C(C)(C)[C@@H]7CC[C@@]6(C)[C@]4(C)CC5)CC3)c3ccc(=[N+](CC)CC)cc-3oc2c1. The van der Waals surface area contributed by atoms with E-state index in [1.807, 2.05) is 23.1 Å². The van der Waals surface area contributed by atoms with Crippen LogP contribution in [0.5, 0.6) is 0 Å². The number of esters is 1. The van der Waals surface area contributed by atoms with Gasteiger partial charge in [-0.2, -0.15) is 0 Å². The van der Waals surface area contributed by atoms with Crippen LogP contribution in [0.3, 0.4) is 0 Å². The van der Waals surface area contributed by atoms with Crippen LogP contribution in [0.15, 0.2) is 76.7 Å². The van der Waals surface area contributed by atoms with Crippen LogP contribution < -0.4 is 14.8 Å². The fourth-order valence-corrected chi connectivity index (χ4v) is 17.5. The quantitative estimate of drug-likeness (QED) is 0.0719. The van der Waals surface area contributed by atoms with Crippen molar-refractivity contribution in [2.75, 3.05) is 57.3 Å². The molecule has 10 rings (SSSR count). The van der Waals surface area contributed by atoms with Gasteiger partial charge in [0, 0.05) is 91.5 Å². The number of carbonyl (C=O) groups excluding carboxylic acids is 3. The van der Waals surface area contributed by atoms with Gasteiger partial charge in [-0.1, -0.05) is 78.3 Å². The summed E-state index contributed by atoms with van der Waals surface area (Å²) in [5, 5.41) is 2.10. The first-order chi connectivity index (χ1) is 34.8. The molecule has 0 spiro atoms.